The van der Waals surface area contributed by atoms with Crippen LogP contribution in [0.2, 0.25) is 0 Å². The monoisotopic (exact) mass is 173 g/mol. The van der Waals surface area contributed by atoms with E-state index in [1.165, 1.54) is 7.11 Å². The van der Waals surface area contributed by atoms with Crippen LogP contribution in [-0.4, -0.2) is 16.9 Å². The maximum absolute atomic E-state index is 9.24. The lowest BCUT2D eigenvalue weighted by molar-refractivity contribution is 0.292. The second-order valence-corrected chi connectivity index (χ2v) is 4.03. The van der Waals surface area contributed by atoms with E-state index in [9.17, 15) is 9.79 Å². The fraction of sp³-hybridized carbons (Fsp3) is 0.143. The minimum Gasteiger partial charge on any atom is -0.188 e. The summed E-state index contributed by atoms with van der Waals surface area (Å²) in [6.45, 7) is 0. The lowest BCUT2D eigenvalue weighted by Crippen LogP contribution is -2.10. The van der Waals surface area contributed by atoms with E-state index in [1.54, 1.807) is 30.3 Å². The average Bonchev–Trinajstić information content (AvgIpc) is 2.06. The molecule has 0 bridgehead atoms. The van der Waals surface area contributed by atoms with Crippen molar-refractivity contribution in [2.24, 2.45) is 0 Å². The molecule has 4 heteroatoms. The van der Waals surface area contributed by atoms with Crippen LogP contribution >= 0.6 is 7.94 Å². The Kier molecular flexibility index (Phi) is 2.58. The highest BCUT2D eigenvalue weighted by Gasteiger charge is 2.37. The lowest BCUT2D eigenvalue weighted by Gasteiger charge is -2.06. The minimum atomic E-state index is -3.28. The molecule has 0 radical (unpaired) electrons. The Morgan fingerprint density at radius 3 is 2.18 bits per heavy atom. The molecule has 0 aliphatic rings. The molecular weight excluding hydrogens is 163 g/mol. The molecule has 1 rings (SSSR count). The third-order valence-electron chi connectivity index (χ3n) is 1.35. The Balaban J connectivity index is 2.93. The van der Waals surface area contributed by atoms with Crippen molar-refractivity contribution in [2.45, 2.75) is 0 Å². The Morgan fingerprint density at radius 1 is 1.18 bits per heavy atom. The topological polar surface area (TPSA) is 49.7 Å². The average molecular weight is 173 g/mol. The van der Waals surface area contributed by atoms with E-state index in [0.717, 1.165) is 0 Å². The fourth-order valence-corrected chi connectivity index (χ4v) is 1.50. The van der Waals surface area contributed by atoms with Gasteiger partial charge in [-0.3, -0.25) is 0 Å². The number of benzene rings is 1. The molecule has 0 aliphatic carbocycles. The first-order valence-corrected chi connectivity index (χ1v) is 4.74. The molecule has 0 aromatic heterocycles. The summed E-state index contributed by atoms with van der Waals surface area (Å²) in [5, 5.41) is 0.433. The molecule has 0 amide bonds. The number of hydrogen-bond donors (Lipinski definition) is 2. The molecule has 0 fully saturated rings. The highest BCUT2D eigenvalue weighted by Crippen LogP contribution is 2.48. The molecule has 11 heavy (non-hydrogen) atoms. The predicted molar refractivity (Wildman–Crippen MR) is 44.4 cm³/mol. The van der Waals surface area contributed by atoms with Crippen LogP contribution in [-0.2, 0) is 4.52 Å². The van der Waals surface area contributed by atoms with Crippen LogP contribution in [0.5, 0.6) is 0 Å². The summed E-state index contributed by atoms with van der Waals surface area (Å²) in [5.74, 6) is 0. The van der Waals surface area contributed by atoms with Crippen molar-refractivity contribution in [1.82, 2.24) is 0 Å². The molecule has 1 aromatic rings. The van der Waals surface area contributed by atoms with Crippen LogP contribution in [0.1, 0.15) is 0 Å². The second-order valence-electron chi connectivity index (χ2n) is 2.06. The molecule has 2 N–H and O–H groups in total. The minimum absolute atomic E-state index is 0.433. The van der Waals surface area contributed by atoms with Crippen LogP contribution in [0.3, 0.4) is 0 Å². The molecule has 1 aromatic carbocycles. The van der Waals surface area contributed by atoms with Gasteiger partial charge in [-0.15, -0.1) is 0 Å². The largest absolute Gasteiger partial charge is 0.443 e. The van der Waals surface area contributed by atoms with Crippen LogP contribution in [0.15, 0.2) is 30.3 Å². The second kappa shape index (κ2) is 3.28. The van der Waals surface area contributed by atoms with Gasteiger partial charge in [0.15, 0.2) is 5.30 Å². The van der Waals surface area contributed by atoms with Crippen molar-refractivity contribution in [3.8, 4) is 0 Å². The lowest BCUT2D eigenvalue weighted by atomic mass is 10.4. The van der Waals surface area contributed by atoms with Gasteiger partial charge in [-0.05, 0) is 12.1 Å². The molecule has 0 unspecified atom stereocenters. The molecule has 0 saturated heterocycles. The summed E-state index contributed by atoms with van der Waals surface area (Å²) in [6.07, 6.45) is 0. The smallest absolute Gasteiger partial charge is 0.188 e. The van der Waals surface area contributed by atoms with E-state index in [-0.39, 0.29) is 0 Å². The van der Waals surface area contributed by atoms with E-state index >= 15 is 0 Å². The highest BCUT2D eigenvalue weighted by atomic mass is 31.2. The SMILES string of the molecule is CO[P+](O)(O)c1ccccc1. The van der Waals surface area contributed by atoms with E-state index < -0.39 is 7.94 Å². The van der Waals surface area contributed by atoms with Crippen LogP contribution < -0.4 is 5.30 Å². The van der Waals surface area contributed by atoms with Crippen LogP contribution in [0.4, 0.5) is 0 Å². The van der Waals surface area contributed by atoms with Gasteiger partial charge in [-0.2, -0.15) is 14.3 Å². The summed E-state index contributed by atoms with van der Waals surface area (Å²) < 4.78 is 4.55. The first-order chi connectivity index (χ1) is 5.17. The standard InChI is InChI=1S/C7H10O3P/c1-10-11(8,9)7-5-3-2-4-6-7/h2-6,8-9H,1H3/q+1. The van der Waals surface area contributed by atoms with Gasteiger partial charge in [-0.25, -0.2) is 0 Å². The zero-order valence-electron chi connectivity index (χ0n) is 6.14. The number of hydrogen-bond acceptors (Lipinski definition) is 3. The Bertz CT molecular complexity index is 222. The van der Waals surface area contributed by atoms with Gasteiger partial charge in [0.1, 0.15) is 0 Å². The summed E-state index contributed by atoms with van der Waals surface area (Å²) in [5.41, 5.74) is 0. The van der Waals surface area contributed by atoms with E-state index in [1.807, 2.05) is 0 Å². The van der Waals surface area contributed by atoms with Crippen molar-refractivity contribution in [1.29, 1.82) is 0 Å². The van der Waals surface area contributed by atoms with Crippen molar-refractivity contribution < 1.29 is 14.3 Å². The van der Waals surface area contributed by atoms with E-state index in [4.69, 9.17) is 0 Å². The number of rotatable bonds is 2. The summed E-state index contributed by atoms with van der Waals surface area (Å²) in [4.78, 5) is 18.5. The third-order valence-corrected chi connectivity index (χ3v) is 2.83. The maximum atomic E-state index is 9.24. The van der Waals surface area contributed by atoms with E-state index in [2.05, 4.69) is 4.52 Å². The third kappa shape index (κ3) is 1.98. The van der Waals surface area contributed by atoms with Gasteiger partial charge in [-0.1, -0.05) is 18.2 Å². The van der Waals surface area contributed by atoms with Crippen LogP contribution in [0, 0.1) is 0 Å². The molecular formula is C7H10O3P+. The first kappa shape index (κ1) is 8.62. The highest BCUT2D eigenvalue weighted by molar-refractivity contribution is 7.67. The van der Waals surface area contributed by atoms with E-state index in [0.29, 0.717) is 5.30 Å². The molecule has 0 saturated carbocycles. The molecule has 0 atom stereocenters. The Morgan fingerprint density at radius 2 is 1.73 bits per heavy atom. The quantitative estimate of drug-likeness (QED) is 0.647. The van der Waals surface area contributed by atoms with Gasteiger partial charge < -0.3 is 0 Å². The molecule has 60 valence electrons. The maximum Gasteiger partial charge on any atom is 0.443 e. The normalized spacial score (nSPS) is 11.5. The Hall–Kier alpha value is -0.470. The molecule has 0 spiro atoms. The van der Waals surface area contributed by atoms with Crippen molar-refractivity contribution >= 4 is 13.2 Å². The molecule has 0 heterocycles. The summed E-state index contributed by atoms with van der Waals surface area (Å²) >= 11 is 0. The molecule has 0 aliphatic heterocycles. The van der Waals surface area contributed by atoms with Gasteiger partial charge >= 0.3 is 7.94 Å². The Labute approximate surface area is 65.8 Å². The predicted octanol–water partition coefficient (Wildman–Crippen LogP) is 0.705. The first-order valence-electron chi connectivity index (χ1n) is 3.13. The van der Waals surface area contributed by atoms with Gasteiger partial charge in [0.25, 0.3) is 0 Å². The van der Waals surface area contributed by atoms with Gasteiger partial charge in [0, 0.05) is 0 Å². The van der Waals surface area contributed by atoms with Crippen molar-refractivity contribution in [2.75, 3.05) is 7.11 Å². The van der Waals surface area contributed by atoms with Gasteiger partial charge in [0.2, 0.25) is 0 Å². The molecule has 3 nitrogen and oxygen atoms in total. The zero-order valence-corrected chi connectivity index (χ0v) is 7.03. The van der Waals surface area contributed by atoms with Crippen LogP contribution in [0.25, 0.3) is 0 Å². The van der Waals surface area contributed by atoms with Crippen molar-refractivity contribution in [3.05, 3.63) is 30.3 Å². The zero-order chi connectivity index (χ0) is 8.32. The van der Waals surface area contributed by atoms with Gasteiger partial charge in [0.05, 0.1) is 7.11 Å². The summed E-state index contributed by atoms with van der Waals surface area (Å²) in [6, 6.07) is 8.51. The van der Waals surface area contributed by atoms with Crippen molar-refractivity contribution in [3.63, 3.8) is 0 Å². The fourth-order valence-electron chi connectivity index (χ4n) is 0.728. The summed E-state index contributed by atoms with van der Waals surface area (Å²) in [7, 11) is -2.00.